The van der Waals surface area contributed by atoms with Crippen molar-refractivity contribution in [3.8, 4) is 17.4 Å². The summed E-state index contributed by atoms with van der Waals surface area (Å²) in [4.78, 5) is 4.29. The zero-order valence-electron chi connectivity index (χ0n) is 11.6. The topological polar surface area (TPSA) is 66.6 Å². The molecule has 2 rings (SSSR count). The molecule has 0 spiro atoms. The van der Waals surface area contributed by atoms with Crippen molar-refractivity contribution in [3.05, 3.63) is 47.7 Å². The smallest absolute Gasteiger partial charge is 0.213 e. The number of aromatic nitrogens is 1. The summed E-state index contributed by atoms with van der Waals surface area (Å²) >= 11 is 0. The van der Waals surface area contributed by atoms with Gasteiger partial charge in [-0.05, 0) is 23.8 Å². The number of nitrogens with two attached hydrogens (primary N) is 1. The summed E-state index contributed by atoms with van der Waals surface area (Å²) in [6.07, 6.45) is 0. The van der Waals surface area contributed by atoms with Crippen molar-refractivity contribution in [3.63, 3.8) is 0 Å². The van der Waals surface area contributed by atoms with Crippen LogP contribution in [0.2, 0.25) is 0 Å². The second kappa shape index (κ2) is 6.77. The first-order valence-electron chi connectivity index (χ1n) is 6.26. The number of methoxy groups -OCH3 is 2. The summed E-state index contributed by atoms with van der Waals surface area (Å²) in [5.74, 6) is 1.89. The largest absolute Gasteiger partial charge is 0.493 e. The maximum Gasteiger partial charge on any atom is 0.213 e. The molecule has 0 amide bonds. The summed E-state index contributed by atoms with van der Waals surface area (Å²) in [5, 5.41) is 0. The predicted molar refractivity (Wildman–Crippen MR) is 76.0 cm³/mol. The fraction of sp³-hybridized carbons (Fsp3) is 0.267. The zero-order chi connectivity index (χ0) is 14.4. The number of benzene rings is 1. The lowest BCUT2D eigenvalue weighted by Gasteiger charge is -2.12. The molecular weight excluding hydrogens is 256 g/mol. The fourth-order valence-electron chi connectivity index (χ4n) is 1.76. The number of hydrogen-bond acceptors (Lipinski definition) is 5. The van der Waals surface area contributed by atoms with Crippen LogP contribution < -0.4 is 19.9 Å². The Morgan fingerprint density at radius 2 is 1.90 bits per heavy atom. The van der Waals surface area contributed by atoms with Gasteiger partial charge in [0.15, 0.2) is 11.5 Å². The van der Waals surface area contributed by atoms with E-state index in [4.69, 9.17) is 19.9 Å². The molecule has 0 saturated heterocycles. The Kier molecular flexibility index (Phi) is 4.79. The standard InChI is InChI=1S/C15H18N2O3/c1-18-13-7-6-11(9-16)8-14(13)20-10-12-4-3-5-15(17-12)19-2/h3-8H,9-10,16H2,1-2H3. The van der Waals surface area contributed by atoms with Gasteiger partial charge in [-0.2, -0.15) is 0 Å². The minimum Gasteiger partial charge on any atom is -0.493 e. The lowest BCUT2D eigenvalue weighted by molar-refractivity contribution is 0.278. The van der Waals surface area contributed by atoms with Gasteiger partial charge in [0.2, 0.25) is 5.88 Å². The van der Waals surface area contributed by atoms with Gasteiger partial charge in [0.25, 0.3) is 0 Å². The van der Waals surface area contributed by atoms with E-state index in [9.17, 15) is 0 Å². The Bertz CT molecular complexity index is 573. The quantitative estimate of drug-likeness (QED) is 0.874. The molecule has 20 heavy (non-hydrogen) atoms. The van der Waals surface area contributed by atoms with Gasteiger partial charge in [0.05, 0.1) is 19.9 Å². The normalized spacial score (nSPS) is 10.2. The third kappa shape index (κ3) is 3.39. The summed E-state index contributed by atoms with van der Waals surface area (Å²) in [7, 11) is 3.19. The van der Waals surface area contributed by atoms with E-state index in [1.54, 1.807) is 20.3 Å². The van der Waals surface area contributed by atoms with E-state index in [-0.39, 0.29) is 0 Å². The van der Waals surface area contributed by atoms with Gasteiger partial charge in [0.1, 0.15) is 6.61 Å². The van der Waals surface area contributed by atoms with Gasteiger partial charge >= 0.3 is 0 Å². The van der Waals surface area contributed by atoms with Crippen molar-refractivity contribution >= 4 is 0 Å². The highest BCUT2D eigenvalue weighted by molar-refractivity contribution is 5.43. The third-order valence-electron chi connectivity index (χ3n) is 2.83. The number of nitrogens with zero attached hydrogens (tertiary/aromatic N) is 1. The average Bonchev–Trinajstić information content (AvgIpc) is 2.52. The van der Waals surface area contributed by atoms with Gasteiger partial charge in [-0.1, -0.05) is 12.1 Å². The Labute approximate surface area is 118 Å². The second-order valence-electron chi connectivity index (χ2n) is 4.15. The van der Waals surface area contributed by atoms with Gasteiger partial charge in [-0.15, -0.1) is 0 Å². The van der Waals surface area contributed by atoms with Crippen LogP contribution in [0.4, 0.5) is 0 Å². The Balaban J connectivity index is 2.12. The molecule has 1 aromatic carbocycles. The minimum atomic E-state index is 0.335. The van der Waals surface area contributed by atoms with Crippen LogP contribution in [0, 0.1) is 0 Å². The maximum absolute atomic E-state index is 5.76. The lowest BCUT2D eigenvalue weighted by Crippen LogP contribution is -2.02. The van der Waals surface area contributed by atoms with Gasteiger partial charge in [-0.25, -0.2) is 4.98 Å². The first-order chi connectivity index (χ1) is 9.76. The van der Waals surface area contributed by atoms with Crippen LogP contribution in [-0.2, 0) is 13.2 Å². The second-order valence-corrected chi connectivity index (χ2v) is 4.15. The molecule has 0 saturated carbocycles. The monoisotopic (exact) mass is 274 g/mol. The first kappa shape index (κ1) is 14.1. The maximum atomic E-state index is 5.76. The molecule has 2 N–H and O–H groups in total. The molecule has 0 bridgehead atoms. The van der Waals surface area contributed by atoms with E-state index in [0.29, 0.717) is 30.5 Å². The van der Waals surface area contributed by atoms with E-state index in [2.05, 4.69) is 4.98 Å². The van der Waals surface area contributed by atoms with E-state index in [0.717, 1.165) is 11.3 Å². The highest BCUT2D eigenvalue weighted by Crippen LogP contribution is 2.28. The number of hydrogen-bond donors (Lipinski definition) is 1. The summed E-state index contributed by atoms with van der Waals surface area (Å²) in [6.45, 7) is 0.791. The molecule has 1 heterocycles. The molecule has 0 aliphatic carbocycles. The summed E-state index contributed by atoms with van der Waals surface area (Å²) in [5.41, 5.74) is 7.40. The predicted octanol–water partition coefficient (Wildman–Crippen LogP) is 2.14. The van der Waals surface area contributed by atoms with E-state index < -0.39 is 0 Å². The third-order valence-corrected chi connectivity index (χ3v) is 2.83. The zero-order valence-corrected chi connectivity index (χ0v) is 11.6. The molecule has 0 atom stereocenters. The Morgan fingerprint density at radius 3 is 2.60 bits per heavy atom. The Hall–Kier alpha value is -2.27. The summed E-state index contributed by atoms with van der Waals surface area (Å²) < 4.78 is 16.1. The van der Waals surface area contributed by atoms with Crippen LogP contribution in [0.3, 0.4) is 0 Å². The SMILES string of the molecule is COc1cccc(COc2cc(CN)ccc2OC)n1. The van der Waals surface area contributed by atoms with E-state index >= 15 is 0 Å². The molecule has 0 radical (unpaired) electrons. The van der Waals surface area contributed by atoms with Crippen molar-refractivity contribution in [2.45, 2.75) is 13.2 Å². The van der Waals surface area contributed by atoms with Crippen LogP contribution in [0.1, 0.15) is 11.3 Å². The minimum absolute atomic E-state index is 0.335. The van der Waals surface area contributed by atoms with Crippen molar-refractivity contribution in [1.29, 1.82) is 0 Å². The van der Waals surface area contributed by atoms with Crippen molar-refractivity contribution in [2.75, 3.05) is 14.2 Å². The van der Waals surface area contributed by atoms with Crippen molar-refractivity contribution < 1.29 is 14.2 Å². The van der Waals surface area contributed by atoms with Crippen LogP contribution in [0.15, 0.2) is 36.4 Å². The fourth-order valence-corrected chi connectivity index (χ4v) is 1.76. The van der Waals surface area contributed by atoms with Crippen LogP contribution in [0.5, 0.6) is 17.4 Å². The first-order valence-corrected chi connectivity index (χ1v) is 6.26. The molecule has 0 aliphatic heterocycles. The molecule has 1 aromatic heterocycles. The molecule has 0 unspecified atom stereocenters. The highest BCUT2D eigenvalue weighted by Gasteiger charge is 2.06. The highest BCUT2D eigenvalue weighted by atomic mass is 16.5. The number of pyridine rings is 1. The lowest BCUT2D eigenvalue weighted by atomic mass is 10.2. The van der Waals surface area contributed by atoms with Crippen molar-refractivity contribution in [2.24, 2.45) is 5.73 Å². The number of ether oxygens (including phenoxy) is 3. The van der Waals surface area contributed by atoms with Gasteiger partial charge in [0, 0.05) is 12.6 Å². The molecule has 2 aromatic rings. The van der Waals surface area contributed by atoms with Crippen LogP contribution in [0.25, 0.3) is 0 Å². The molecule has 5 nitrogen and oxygen atoms in total. The van der Waals surface area contributed by atoms with Crippen molar-refractivity contribution in [1.82, 2.24) is 4.98 Å². The van der Waals surface area contributed by atoms with Gasteiger partial charge in [-0.3, -0.25) is 0 Å². The van der Waals surface area contributed by atoms with Crippen LogP contribution in [-0.4, -0.2) is 19.2 Å². The molecular formula is C15H18N2O3. The average molecular weight is 274 g/mol. The summed E-state index contributed by atoms with van der Waals surface area (Å²) in [6, 6.07) is 11.2. The molecule has 0 aliphatic rings. The van der Waals surface area contributed by atoms with Crippen LogP contribution >= 0.6 is 0 Å². The molecule has 5 heteroatoms. The Morgan fingerprint density at radius 1 is 1.05 bits per heavy atom. The molecule has 106 valence electrons. The molecule has 0 fully saturated rings. The van der Waals surface area contributed by atoms with Gasteiger partial charge < -0.3 is 19.9 Å². The number of rotatable bonds is 6. The van der Waals surface area contributed by atoms with E-state index in [1.807, 2.05) is 30.3 Å². The van der Waals surface area contributed by atoms with E-state index in [1.165, 1.54) is 0 Å².